The van der Waals surface area contributed by atoms with E-state index in [1.807, 2.05) is 29.2 Å². The monoisotopic (exact) mass is 484 g/mol. The highest BCUT2D eigenvalue weighted by atomic mass is 35.5. The molecular weight excluding hydrogens is 461 g/mol. The zero-order chi connectivity index (χ0) is 23.3. The molecule has 1 amide bonds. The molecule has 5 nitrogen and oxygen atoms in total. The smallest absolute Gasteiger partial charge is 0.348 e. The minimum absolute atomic E-state index is 0.110. The zero-order valence-corrected chi connectivity index (χ0v) is 19.1. The van der Waals surface area contributed by atoms with Crippen LogP contribution < -0.4 is 10.6 Å². The number of carbonyl (C=O) groups excluding carboxylic acids is 1. The average Bonchev–Trinajstić information content (AvgIpc) is 2.95. The Labute approximate surface area is 195 Å². The number of hydrogen-bond donors (Lipinski definition) is 2. The van der Waals surface area contributed by atoms with E-state index in [4.69, 9.17) is 23.8 Å². The second-order valence-corrected chi connectivity index (χ2v) is 8.41. The van der Waals surface area contributed by atoms with Gasteiger partial charge in [0.1, 0.15) is 0 Å². The van der Waals surface area contributed by atoms with Crippen molar-refractivity contribution < 1.29 is 18.0 Å². The van der Waals surface area contributed by atoms with Crippen molar-refractivity contribution in [3.05, 3.63) is 58.6 Å². The predicted molar refractivity (Wildman–Crippen MR) is 125 cm³/mol. The third-order valence-electron chi connectivity index (χ3n) is 5.09. The van der Waals surface area contributed by atoms with Crippen molar-refractivity contribution in [3.63, 3.8) is 0 Å². The molecule has 1 saturated heterocycles. The normalized spacial score (nSPS) is 15.2. The van der Waals surface area contributed by atoms with E-state index < -0.39 is 11.7 Å². The fraction of sp³-hybridized carbons (Fsp3) is 0.364. The summed E-state index contributed by atoms with van der Waals surface area (Å²) in [6.45, 7) is 5.19. The number of thiocarbonyl (C=S) groups is 1. The van der Waals surface area contributed by atoms with Gasteiger partial charge in [-0.2, -0.15) is 13.2 Å². The molecule has 1 aliphatic heterocycles. The van der Waals surface area contributed by atoms with Gasteiger partial charge in [-0.25, -0.2) is 0 Å². The van der Waals surface area contributed by atoms with Gasteiger partial charge in [0.05, 0.1) is 16.3 Å². The molecule has 0 saturated carbocycles. The summed E-state index contributed by atoms with van der Waals surface area (Å²) in [5.41, 5.74) is 1.25. The molecule has 1 aliphatic rings. The Bertz CT molecular complexity index is 969. The van der Waals surface area contributed by atoms with Crippen LogP contribution in [0.5, 0.6) is 0 Å². The van der Waals surface area contributed by atoms with Gasteiger partial charge in [-0.15, -0.1) is 0 Å². The maximum absolute atomic E-state index is 13.0. The van der Waals surface area contributed by atoms with E-state index in [0.717, 1.165) is 49.4 Å². The molecule has 1 fully saturated rings. The van der Waals surface area contributed by atoms with Gasteiger partial charge in [-0.3, -0.25) is 9.69 Å². The fourth-order valence-corrected chi connectivity index (χ4v) is 3.94. The van der Waals surface area contributed by atoms with Crippen LogP contribution in [0.3, 0.4) is 0 Å². The van der Waals surface area contributed by atoms with E-state index in [0.29, 0.717) is 18.2 Å². The standard InChI is InChI=1S/C22H24ClF3N4OS/c1-15(31)27-18-6-3-16(4-7-18)14-29-9-2-10-30(12-11-29)21(32)28-20-13-17(22(24,25)26)5-8-19(20)23/h3-8,13H,2,9-12,14H2,1H3,(H,27,31)(H,28,32). The predicted octanol–water partition coefficient (Wildman–Crippen LogP) is 5.22. The van der Waals surface area contributed by atoms with Crippen molar-refractivity contribution >= 4 is 46.2 Å². The molecule has 0 bridgehead atoms. The van der Waals surface area contributed by atoms with Crippen LogP contribution in [0.2, 0.25) is 5.02 Å². The fourth-order valence-electron chi connectivity index (χ4n) is 3.48. The molecule has 3 rings (SSSR count). The third kappa shape index (κ3) is 6.82. The lowest BCUT2D eigenvalue weighted by Crippen LogP contribution is -2.37. The van der Waals surface area contributed by atoms with Crippen molar-refractivity contribution in [1.29, 1.82) is 0 Å². The van der Waals surface area contributed by atoms with Gasteiger partial charge in [0.2, 0.25) is 5.91 Å². The Morgan fingerprint density at radius 1 is 1.06 bits per heavy atom. The minimum Gasteiger partial charge on any atom is -0.348 e. The van der Waals surface area contributed by atoms with Crippen LogP contribution in [-0.4, -0.2) is 47.0 Å². The lowest BCUT2D eigenvalue weighted by Gasteiger charge is -2.25. The molecule has 172 valence electrons. The molecule has 0 aliphatic carbocycles. The molecule has 0 aromatic heterocycles. The highest BCUT2D eigenvalue weighted by Crippen LogP contribution is 2.34. The van der Waals surface area contributed by atoms with Crippen LogP contribution in [-0.2, 0) is 17.5 Å². The van der Waals surface area contributed by atoms with Crippen LogP contribution >= 0.6 is 23.8 Å². The molecule has 0 radical (unpaired) electrons. The van der Waals surface area contributed by atoms with Crippen molar-refractivity contribution in [2.75, 3.05) is 36.8 Å². The summed E-state index contributed by atoms with van der Waals surface area (Å²) in [6.07, 6.45) is -3.59. The number of alkyl halides is 3. The number of amides is 1. The summed E-state index contributed by atoms with van der Waals surface area (Å²) >= 11 is 11.5. The summed E-state index contributed by atoms with van der Waals surface area (Å²) < 4.78 is 39.0. The highest BCUT2D eigenvalue weighted by Gasteiger charge is 2.31. The van der Waals surface area contributed by atoms with E-state index in [1.165, 1.54) is 13.0 Å². The van der Waals surface area contributed by atoms with Gasteiger partial charge in [0.15, 0.2) is 5.11 Å². The average molecular weight is 485 g/mol. The lowest BCUT2D eigenvalue weighted by molar-refractivity contribution is -0.137. The maximum atomic E-state index is 13.0. The third-order valence-corrected chi connectivity index (χ3v) is 5.78. The number of benzene rings is 2. The van der Waals surface area contributed by atoms with Crippen LogP contribution in [0, 0.1) is 0 Å². The van der Waals surface area contributed by atoms with Crippen molar-refractivity contribution in [1.82, 2.24) is 9.80 Å². The molecule has 0 spiro atoms. The quantitative estimate of drug-likeness (QED) is 0.582. The Kier molecular flexibility index (Phi) is 7.97. The molecule has 1 heterocycles. The second kappa shape index (κ2) is 10.5. The summed E-state index contributed by atoms with van der Waals surface area (Å²) in [4.78, 5) is 15.4. The number of anilines is 2. The van der Waals surface area contributed by atoms with Crippen molar-refractivity contribution in [2.24, 2.45) is 0 Å². The molecule has 2 aromatic rings. The second-order valence-electron chi connectivity index (χ2n) is 7.62. The molecule has 10 heteroatoms. The van der Waals surface area contributed by atoms with Gasteiger partial charge in [-0.05, 0) is 54.5 Å². The van der Waals surface area contributed by atoms with Gasteiger partial charge in [0, 0.05) is 45.3 Å². The van der Waals surface area contributed by atoms with E-state index in [1.54, 1.807) is 0 Å². The summed E-state index contributed by atoms with van der Waals surface area (Å²) in [7, 11) is 0. The van der Waals surface area contributed by atoms with Crippen LogP contribution in [0.25, 0.3) is 0 Å². The van der Waals surface area contributed by atoms with Crippen molar-refractivity contribution in [3.8, 4) is 0 Å². The summed E-state index contributed by atoms with van der Waals surface area (Å²) in [5.74, 6) is -0.110. The van der Waals surface area contributed by atoms with E-state index in [-0.39, 0.29) is 16.6 Å². The molecular formula is C22H24ClF3N4OS. The largest absolute Gasteiger partial charge is 0.416 e. The summed E-state index contributed by atoms with van der Waals surface area (Å²) in [6, 6.07) is 10.9. The number of hydrogen-bond acceptors (Lipinski definition) is 3. The number of nitrogens with zero attached hydrogens (tertiary/aromatic N) is 2. The SMILES string of the molecule is CC(=O)Nc1ccc(CN2CCCN(C(=S)Nc3cc(C(F)(F)F)ccc3Cl)CC2)cc1. The van der Waals surface area contributed by atoms with E-state index in [9.17, 15) is 18.0 Å². The van der Waals surface area contributed by atoms with Gasteiger partial charge in [-0.1, -0.05) is 23.7 Å². The molecule has 2 aromatic carbocycles. The Morgan fingerprint density at radius 3 is 2.44 bits per heavy atom. The number of carbonyl (C=O) groups is 1. The van der Waals surface area contributed by atoms with Crippen LogP contribution in [0.15, 0.2) is 42.5 Å². The maximum Gasteiger partial charge on any atom is 0.416 e. The number of halogens is 4. The first-order chi connectivity index (χ1) is 15.1. The summed E-state index contributed by atoms with van der Waals surface area (Å²) in [5, 5.41) is 6.16. The van der Waals surface area contributed by atoms with E-state index >= 15 is 0 Å². The van der Waals surface area contributed by atoms with Gasteiger partial charge < -0.3 is 15.5 Å². The lowest BCUT2D eigenvalue weighted by atomic mass is 10.2. The number of rotatable bonds is 4. The van der Waals surface area contributed by atoms with Crippen LogP contribution in [0.4, 0.5) is 24.5 Å². The first kappa shape index (κ1) is 24.3. The van der Waals surface area contributed by atoms with Gasteiger partial charge in [0.25, 0.3) is 0 Å². The Hall–Kier alpha value is -2.36. The molecule has 32 heavy (non-hydrogen) atoms. The molecule has 0 unspecified atom stereocenters. The van der Waals surface area contributed by atoms with Crippen molar-refractivity contribution in [2.45, 2.75) is 26.1 Å². The zero-order valence-electron chi connectivity index (χ0n) is 17.5. The molecule has 2 N–H and O–H groups in total. The minimum atomic E-state index is -4.45. The van der Waals surface area contributed by atoms with Crippen LogP contribution in [0.1, 0.15) is 24.5 Å². The van der Waals surface area contributed by atoms with E-state index in [2.05, 4.69) is 15.5 Å². The first-order valence-electron chi connectivity index (χ1n) is 10.1. The highest BCUT2D eigenvalue weighted by molar-refractivity contribution is 7.80. The first-order valence-corrected chi connectivity index (χ1v) is 10.9. The Balaban J connectivity index is 1.57. The van der Waals surface area contributed by atoms with Gasteiger partial charge >= 0.3 is 6.18 Å². The molecule has 0 atom stereocenters. The number of nitrogens with one attached hydrogen (secondary N) is 2. The Morgan fingerprint density at radius 2 is 1.78 bits per heavy atom. The topological polar surface area (TPSA) is 47.6 Å².